The van der Waals surface area contributed by atoms with Crippen LogP contribution in [-0.4, -0.2) is 0 Å². The third-order valence-corrected chi connectivity index (χ3v) is 13.6. The Kier molecular flexibility index (Phi) is 6.28. The molecule has 0 bridgehead atoms. The van der Waals surface area contributed by atoms with Crippen LogP contribution in [0.2, 0.25) is 0 Å². The van der Waals surface area contributed by atoms with Gasteiger partial charge in [0.05, 0.1) is 0 Å². The number of hydrogen-bond donors (Lipinski definition) is 0. The topological polar surface area (TPSA) is 0 Å². The predicted molar refractivity (Wildman–Crippen MR) is 240 cm³/mol. The first-order chi connectivity index (χ1) is 27.4. The number of benzene rings is 10. The van der Waals surface area contributed by atoms with Crippen molar-refractivity contribution in [3.8, 4) is 44.5 Å². The molecular weight excluding hydrogens is 673 g/mol. The molecular formula is C56H40. The Balaban J connectivity index is 1.20. The zero-order valence-corrected chi connectivity index (χ0v) is 32.2. The SMILES string of the molecule is CC1(C)c2ccccc2-c2c1cc(-c1c3ccccc3c(-c3cccc4c3C(C)(C)c3c-4c4ccccc4c4ccccc34)c3ccccc13)c1ccccc21. The lowest BCUT2D eigenvalue weighted by atomic mass is 9.75. The second kappa shape index (κ2) is 11.1. The second-order valence-corrected chi connectivity index (χ2v) is 17.1. The van der Waals surface area contributed by atoms with Gasteiger partial charge in [-0.3, -0.25) is 0 Å². The lowest BCUT2D eigenvalue weighted by Gasteiger charge is -2.28. The zero-order valence-electron chi connectivity index (χ0n) is 32.2. The van der Waals surface area contributed by atoms with Crippen molar-refractivity contribution in [2.45, 2.75) is 38.5 Å². The fraction of sp³-hybridized carbons (Fsp3) is 0.107. The minimum atomic E-state index is -0.234. The molecule has 0 N–H and O–H groups in total. The molecule has 10 aromatic rings. The molecule has 0 aromatic heterocycles. The lowest BCUT2D eigenvalue weighted by molar-refractivity contribution is 0.661. The summed E-state index contributed by atoms with van der Waals surface area (Å²) >= 11 is 0. The second-order valence-electron chi connectivity index (χ2n) is 17.1. The van der Waals surface area contributed by atoms with E-state index in [-0.39, 0.29) is 10.8 Å². The molecule has 0 spiro atoms. The third-order valence-electron chi connectivity index (χ3n) is 13.6. The molecule has 0 atom stereocenters. The van der Waals surface area contributed by atoms with Crippen molar-refractivity contribution in [1.82, 2.24) is 0 Å². The van der Waals surface area contributed by atoms with E-state index in [9.17, 15) is 0 Å². The highest BCUT2D eigenvalue weighted by Gasteiger charge is 2.41. The maximum absolute atomic E-state index is 2.54. The minimum Gasteiger partial charge on any atom is -0.0619 e. The summed E-state index contributed by atoms with van der Waals surface area (Å²) in [5.74, 6) is 0. The van der Waals surface area contributed by atoms with Gasteiger partial charge in [-0.05, 0) is 127 Å². The lowest BCUT2D eigenvalue weighted by Crippen LogP contribution is -2.17. The summed E-state index contributed by atoms with van der Waals surface area (Å²) in [6.07, 6.45) is 0. The van der Waals surface area contributed by atoms with Gasteiger partial charge in [-0.15, -0.1) is 0 Å². The average molecular weight is 713 g/mol. The summed E-state index contributed by atoms with van der Waals surface area (Å²) in [5.41, 5.74) is 16.1. The molecule has 264 valence electrons. The molecule has 0 saturated heterocycles. The Bertz CT molecular complexity index is 3300. The van der Waals surface area contributed by atoms with Crippen LogP contribution in [0.3, 0.4) is 0 Å². The largest absolute Gasteiger partial charge is 0.0619 e. The zero-order chi connectivity index (χ0) is 37.5. The van der Waals surface area contributed by atoms with Crippen molar-refractivity contribution >= 4 is 53.9 Å². The van der Waals surface area contributed by atoms with Gasteiger partial charge >= 0.3 is 0 Å². The maximum atomic E-state index is 2.54. The van der Waals surface area contributed by atoms with E-state index in [0.29, 0.717) is 0 Å². The molecule has 0 heterocycles. The van der Waals surface area contributed by atoms with Crippen LogP contribution in [0.15, 0.2) is 170 Å². The molecule has 10 aromatic carbocycles. The number of fused-ring (bicyclic) bond motifs is 15. The summed E-state index contributed by atoms with van der Waals surface area (Å²) in [7, 11) is 0. The van der Waals surface area contributed by atoms with E-state index >= 15 is 0 Å². The third kappa shape index (κ3) is 3.94. The summed E-state index contributed by atoms with van der Waals surface area (Å²) in [4.78, 5) is 0. The molecule has 2 aliphatic rings. The van der Waals surface area contributed by atoms with Crippen LogP contribution in [-0.2, 0) is 10.8 Å². The summed E-state index contributed by atoms with van der Waals surface area (Å²) < 4.78 is 0. The Hall–Kier alpha value is -6.50. The Morgan fingerprint density at radius 3 is 1.23 bits per heavy atom. The molecule has 0 amide bonds. The molecule has 56 heavy (non-hydrogen) atoms. The fourth-order valence-electron chi connectivity index (χ4n) is 11.3. The molecule has 0 nitrogen and oxygen atoms in total. The van der Waals surface area contributed by atoms with Gasteiger partial charge in [0.15, 0.2) is 0 Å². The summed E-state index contributed by atoms with van der Waals surface area (Å²) in [6.45, 7) is 9.71. The maximum Gasteiger partial charge on any atom is 0.0171 e. The molecule has 0 unspecified atom stereocenters. The van der Waals surface area contributed by atoms with Crippen molar-refractivity contribution < 1.29 is 0 Å². The van der Waals surface area contributed by atoms with Crippen LogP contribution in [0.4, 0.5) is 0 Å². The molecule has 0 aliphatic heterocycles. The fourth-order valence-corrected chi connectivity index (χ4v) is 11.3. The smallest absolute Gasteiger partial charge is 0.0171 e. The molecule has 0 radical (unpaired) electrons. The highest BCUT2D eigenvalue weighted by molar-refractivity contribution is 6.26. The van der Waals surface area contributed by atoms with E-state index in [0.717, 1.165) is 0 Å². The van der Waals surface area contributed by atoms with Gasteiger partial charge in [-0.25, -0.2) is 0 Å². The molecule has 0 heteroatoms. The van der Waals surface area contributed by atoms with E-state index in [1.54, 1.807) is 0 Å². The van der Waals surface area contributed by atoms with Crippen LogP contribution >= 0.6 is 0 Å². The summed E-state index contributed by atoms with van der Waals surface area (Å²) in [5, 5.41) is 13.2. The van der Waals surface area contributed by atoms with Crippen molar-refractivity contribution in [2.75, 3.05) is 0 Å². The highest BCUT2D eigenvalue weighted by Crippen LogP contribution is 2.59. The average Bonchev–Trinajstić information content (AvgIpc) is 3.63. The Morgan fingerprint density at radius 1 is 0.250 bits per heavy atom. The van der Waals surface area contributed by atoms with Gasteiger partial charge in [0.25, 0.3) is 0 Å². The normalized spacial score (nSPS) is 14.7. The van der Waals surface area contributed by atoms with Gasteiger partial charge in [-0.1, -0.05) is 191 Å². The standard InChI is InChI=1S/C56H40/c1-55(2)47-31-16-15-28-43(47)51-36-21-8-6-20-35(36)46(32-48(51)55)50-40-25-12-10-23-38(40)49(39-24-11-13-26-41(39)50)44-29-17-30-45-52-37-22-9-5-18-33(37)34-19-7-14-27-42(34)54(52)56(3,4)53(44)45/h5-32H,1-4H3. The van der Waals surface area contributed by atoms with Gasteiger partial charge in [0.1, 0.15) is 0 Å². The predicted octanol–water partition coefficient (Wildman–Crippen LogP) is 15.4. The molecule has 0 saturated carbocycles. The molecule has 0 fully saturated rings. The van der Waals surface area contributed by atoms with Gasteiger partial charge in [-0.2, -0.15) is 0 Å². The molecule has 12 rings (SSSR count). The van der Waals surface area contributed by atoms with E-state index in [1.807, 2.05) is 0 Å². The van der Waals surface area contributed by atoms with Crippen molar-refractivity contribution in [2.24, 2.45) is 0 Å². The van der Waals surface area contributed by atoms with E-state index in [4.69, 9.17) is 0 Å². The van der Waals surface area contributed by atoms with E-state index < -0.39 is 0 Å². The quantitative estimate of drug-likeness (QED) is 0.124. The first-order valence-corrected chi connectivity index (χ1v) is 20.0. The van der Waals surface area contributed by atoms with E-state index in [2.05, 4.69) is 198 Å². The van der Waals surface area contributed by atoms with Crippen molar-refractivity contribution in [1.29, 1.82) is 0 Å². The van der Waals surface area contributed by atoms with Crippen LogP contribution in [0.5, 0.6) is 0 Å². The number of hydrogen-bond acceptors (Lipinski definition) is 0. The van der Waals surface area contributed by atoms with Crippen LogP contribution < -0.4 is 0 Å². The molecule has 2 aliphatic carbocycles. The monoisotopic (exact) mass is 712 g/mol. The van der Waals surface area contributed by atoms with Crippen LogP contribution in [0.1, 0.15) is 49.9 Å². The van der Waals surface area contributed by atoms with Crippen LogP contribution in [0.25, 0.3) is 98.4 Å². The summed E-state index contributed by atoms with van der Waals surface area (Å²) in [6, 6.07) is 64.2. The van der Waals surface area contributed by atoms with Crippen molar-refractivity contribution in [3.05, 3.63) is 192 Å². The van der Waals surface area contributed by atoms with Gasteiger partial charge in [0, 0.05) is 10.8 Å². The Morgan fingerprint density at radius 2 is 0.643 bits per heavy atom. The highest BCUT2D eigenvalue weighted by atomic mass is 14.4. The van der Waals surface area contributed by atoms with E-state index in [1.165, 1.54) is 121 Å². The number of rotatable bonds is 2. The Labute approximate surface area is 327 Å². The van der Waals surface area contributed by atoms with Crippen LogP contribution in [0, 0.1) is 0 Å². The first kappa shape index (κ1) is 31.8. The first-order valence-electron chi connectivity index (χ1n) is 20.0. The van der Waals surface area contributed by atoms with Gasteiger partial charge < -0.3 is 0 Å². The minimum absolute atomic E-state index is 0.115. The van der Waals surface area contributed by atoms with Crippen molar-refractivity contribution in [3.63, 3.8) is 0 Å². The van der Waals surface area contributed by atoms with Gasteiger partial charge in [0.2, 0.25) is 0 Å².